The molecule has 0 aliphatic heterocycles. The van der Waals surface area contributed by atoms with Gasteiger partial charge in [0.1, 0.15) is 5.69 Å². The van der Waals surface area contributed by atoms with Gasteiger partial charge < -0.3 is 0 Å². The maximum Gasteiger partial charge on any atom is 0.212 e. The minimum Gasteiger partial charge on any atom is -0.287 e. The summed E-state index contributed by atoms with van der Waals surface area (Å²) in [6.45, 7) is 0. The van der Waals surface area contributed by atoms with Crippen molar-refractivity contribution in [3.63, 3.8) is 0 Å². The van der Waals surface area contributed by atoms with E-state index in [9.17, 15) is 4.79 Å². The Kier molecular flexibility index (Phi) is 3.56. The summed E-state index contributed by atoms with van der Waals surface area (Å²) in [6, 6.07) is 4.97. The topological polar surface area (TPSA) is 34.9 Å². The molecule has 1 aromatic heterocycles. The zero-order valence-electron chi connectivity index (χ0n) is 8.75. The van der Waals surface area contributed by atoms with Crippen molar-refractivity contribution in [3.8, 4) is 0 Å². The van der Waals surface area contributed by atoms with Crippen LogP contribution in [0.25, 0.3) is 0 Å². The lowest BCUT2D eigenvalue weighted by atomic mass is 10.1. The number of hydrogen-bond acceptors (Lipinski definition) is 2. The number of benzene rings is 1. The molecule has 88 valence electrons. The highest BCUT2D eigenvalue weighted by atomic mass is 79.9. The number of rotatable bonds is 2. The molecule has 2 rings (SSSR count). The molecule has 0 aliphatic rings. The first kappa shape index (κ1) is 12.6. The third kappa shape index (κ3) is 2.39. The number of ketones is 1. The summed E-state index contributed by atoms with van der Waals surface area (Å²) in [4.78, 5) is 12.2. The lowest BCUT2D eigenvalue weighted by molar-refractivity contribution is 0.103. The van der Waals surface area contributed by atoms with Crippen molar-refractivity contribution in [3.05, 3.63) is 50.2 Å². The van der Waals surface area contributed by atoms with Gasteiger partial charge in [-0.2, -0.15) is 5.10 Å². The Morgan fingerprint density at radius 1 is 1.35 bits per heavy atom. The number of nitrogens with zero attached hydrogens (tertiary/aromatic N) is 2. The maximum atomic E-state index is 12.2. The first-order valence-corrected chi connectivity index (χ1v) is 6.23. The number of hydrogen-bond donors (Lipinski definition) is 0. The predicted octanol–water partition coefficient (Wildman–Crippen LogP) is 3.72. The molecule has 1 heterocycles. The van der Waals surface area contributed by atoms with Crippen LogP contribution >= 0.6 is 39.1 Å². The molecule has 6 heteroatoms. The average Bonchev–Trinajstić information content (AvgIpc) is 2.62. The SMILES string of the molecule is Cn1ncc(Cl)c1C(=O)c1ccc(Cl)c(Br)c1. The Morgan fingerprint density at radius 2 is 2.06 bits per heavy atom. The molecule has 0 amide bonds. The van der Waals surface area contributed by atoms with Crippen LogP contribution in [0, 0.1) is 0 Å². The normalized spacial score (nSPS) is 10.6. The first-order chi connectivity index (χ1) is 8.00. The van der Waals surface area contributed by atoms with Crippen molar-refractivity contribution in [1.82, 2.24) is 9.78 Å². The molecule has 0 aliphatic carbocycles. The Hall–Kier alpha value is -0.840. The standard InChI is InChI=1S/C11H7BrCl2N2O/c1-16-10(9(14)5-15-16)11(17)6-2-3-8(13)7(12)4-6/h2-5H,1H3. The number of aromatic nitrogens is 2. The molecule has 0 radical (unpaired) electrons. The average molecular weight is 334 g/mol. The summed E-state index contributed by atoms with van der Waals surface area (Å²) < 4.78 is 2.12. The van der Waals surface area contributed by atoms with Crippen LogP contribution in [-0.4, -0.2) is 15.6 Å². The van der Waals surface area contributed by atoms with Crippen LogP contribution in [0.3, 0.4) is 0 Å². The number of carbonyl (C=O) groups excluding carboxylic acids is 1. The maximum absolute atomic E-state index is 12.2. The second kappa shape index (κ2) is 4.80. The van der Waals surface area contributed by atoms with Gasteiger partial charge in [0.05, 0.1) is 16.2 Å². The van der Waals surface area contributed by atoms with E-state index in [1.54, 1.807) is 25.2 Å². The minimum absolute atomic E-state index is 0.188. The highest BCUT2D eigenvalue weighted by molar-refractivity contribution is 9.10. The van der Waals surface area contributed by atoms with Gasteiger partial charge in [0.25, 0.3) is 0 Å². The molecule has 17 heavy (non-hydrogen) atoms. The molecule has 0 spiro atoms. The van der Waals surface area contributed by atoms with Crippen LogP contribution in [0.15, 0.2) is 28.9 Å². The van der Waals surface area contributed by atoms with Crippen LogP contribution in [0.4, 0.5) is 0 Å². The fourth-order valence-corrected chi connectivity index (χ4v) is 2.19. The van der Waals surface area contributed by atoms with Gasteiger partial charge in [-0.15, -0.1) is 0 Å². The highest BCUT2D eigenvalue weighted by Gasteiger charge is 2.18. The fourth-order valence-electron chi connectivity index (χ4n) is 1.44. The van der Waals surface area contributed by atoms with E-state index < -0.39 is 0 Å². The van der Waals surface area contributed by atoms with Crippen LogP contribution in [0.1, 0.15) is 16.1 Å². The third-order valence-corrected chi connectivity index (χ3v) is 3.78. The van der Waals surface area contributed by atoms with Crippen LogP contribution in [0.5, 0.6) is 0 Å². The molecule has 3 nitrogen and oxygen atoms in total. The van der Waals surface area contributed by atoms with Gasteiger partial charge in [0, 0.05) is 17.1 Å². The molecule has 0 bridgehead atoms. The highest BCUT2D eigenvalue weighted by Crippen LogP contribution is 2.25. The van der Waals surface area contributed by atoms with Gasteiger partial charge in [0.15, 0.2) is 0 Å². The van der Waals surface area contributed by atoms with E-state index in [0.717, 1.165) is 0 Å². The van der Waals surface area contributed by atoms with Crippen molar-refractivity contribution in [2.24, 2.45) is 7.05 Å². The van der Waals surface area contributed by atoms with Crippen molar-refractivity contribution >= 4 is 44.9 Å². The molecular weight excluding hydrogens is 327 g/mol. The summed E-state index contributed by atoms with van der Waals surface area (Å²) in [6.07, 6.45) is 1.44. The largest absolute Gasteiger partial charge is 0.287 e. The smallest absolute Gasteiger partial charge is 0.212 e. The molecule has 0 saturated carbocycles. The second-order valence-corrected chi connectivity index (χ2v) is 5.09. The van der Waals surface area contributed by atoms with Crippen LogP contribution in [0.2, 0.25) is 10.0 Å². The molecule has 0 fully saturated rings. The first-order valence-electron chi connectivity index (χ1n) is 4.68. The van der Waals surface area contributed by atoms with E-state index in [1.165, 1.54) is 10.9 Å². The number of halogens is 3. The van der Waals surface area contributed by atoms with E-state index >= 15 is 0 Å². The molecule has 0 atom stereocenters. The van der Waals surface area contributed by atoms with Crippen molar-refractivity contribution in [1.29, 1.82) is 0 Å². The molecular formula is C11H7BrCl2N2O. The van der Waals surface area contributed by atoms with E-state index in [0.29, 0.717) is 25.8 Å². The zero-order valence-corrected chi connectivity index (χ0v) is 11.8. The van der Waals surface area contributed by atoms with Crippen LogP contribution < -0.4 is 0 Å². The lowest BCUT2D eigenvalue weighted by Crippen LogP contribution is -2.08. The molecule has 0 unspecified atom stereocenters. The van der Waals surface area contributed by atoms with Gasteiger partial charge in [-0.1, -0.05) is 23.2 Å². The predicted molar refractivity (Wildman–Crippen MR) is 70.8 cm³/mol. The summed E-state index contributed by atoms with van der Waals surface area (Å²) >= 11 is 15.1. The number of aryl methyl sites for hydroxylation is 1. The van der Waals surface area contributed by atoms with Crippen LogP contribution in [-0.2, 0) is 7.05 Å². The molecule has 2 aromatic rings. The van der Waals surface area contributed by atoms with Crippen molar-refractivity contribution < 1.29 is 4.79 Å². The third-order valence-electron chi connectivity index (χ3n) is 2.29. The zero-order chi connectivity index (χ0) is 12.6. The fraction of sp³-hybridized carbons (Fsp3) is 0.0909. The summed E-state index contributed by atoms with van der Waals surface area (Å²) in [5.41, 5.74) is 0.868. The van der Waals surface area contributed by atoms with Gasteiger partial charge in [-0.25, -0.2) is 0 Å². The summed E-state index contributed by atoms with van der Waals surface area (Å²) in [5, 5.41) is 4.82. The van der Waals surface area contributed by atoms with E-state index in [1.807, 2.05) is 0 Å². The van der Waals surface area contributed by atoms with Gasteiger partial charge >= 0.3 is 0 Å². The Balaban J connectivity index is 2.48. The van der Waals surface area contributed by atoms with Crippen molar-refractivity contribution in [2.75, 3.05) is 0 Å². The Labute approximate surface area is 116 Å². The van der Waals surface area contributed by atoms with E-state index in [4.69, 9.17) is 23.2 Å². The molecule has 0 saturated heterocycles. The monoisotopic (exact) mass is 332 g/mol. The summed E-state index contributed by atoms with van der Waals surface area (Å²) in [7, 11) is 1.67. The second-order valence-electron chi connectivity index (χ2n) is 3.42. The van der Waals surface area contributed by atoms with Crippen molar-refractivity contribution in [2.45, 2.75) is 0 Å². The van der Waals surface area contributed by atoms with E-state index in [-0.39, 0.29) is 5.78 Å². The van der Waals surface area contributed by atoms with Gasteiger partial charge in [0.2, 0.25) is 5.78 Å². The minimum atomic E-state index is -0.188. The van der Waals surface area contributed by atoms with Gasteiger partial charge in [-0.05, 0) is 34.1 Å². The number of carbonyl (C=O) groups is 1. The molecule has 1 aromatic carbocycles. The Bertz CT molecular complexity index is 576. The lowest BCUT2D eigenvalue weighted by Gasteiger charge is -2.04. The summed E-state index contributed by atoms with van der Waals surface area (Å²) in [5.74, 6) is -0.188. The Morgan fingerprint density at radius 3 is 2.59 bits per heavy atom. The van der Waals surface area contributed by atoms with E-state index in [2.05, 4.69) is 21.0 Å². The molecule has 0 N–H and O–H groups in total. The quantitative estimate of drug-likeness (QED) is 0.785. The van der Waals surface area contributed by atoms with Gasteiger partial charge in [-0.3, -0.25) is 9.48 Å².